The molecule has 0 heterocycles. The molecule has 3 rings (SSSR count). The topological polar surface area (TPSA) is 0 Å². The maximum atomic E-state index is 2.31. The molecule has 0 saturated heterocycles. The second-order valence-corrected chi connectivity index (χ2v) is 18.4. The summed E-state index contributed by atoms with van der Waals surface area (Å²) in [6.07, 6.45) is 0. The van der Waals surface area contributed by atoms with Gasteiger partial charge in [-0.3, -0.25) is 0 Å². The predicted molar refractivity (Wildman–Crippen MR) is 116 cm³/mol. The van der Waals surface area contributed by atoms with Crippen LogP contribution in [0.3, 0.4) is 0 Å². The maximum absolute atomic E-state index is 2.31. The van der Waals surface area contributed by atoms with E-state index in [-0.39, 0.29) is 10.8 Å². The van der Waals surface area contributed by atoms with E-state index in [0.717, 1.165) is 0 Å². The fraction of sp³-hybridized carbons (Fsp3) is 0.417. The number of benzene rings is 1. The Balaban J connectivity index is 0.000000227. The molecule has 0 unspecified atom stereocenters. The molecule has 3 aromatic carbocycles. The minimum absolute atomic E-state index is 0.210. The summed E-state index contributed by atoms with van der Waals surface area (Å²) in [4.78, 5) is 0. The molecule has 138 valence electrons. The summed E-state index contributed by atoms with van der Waals surface area (Å²) in [7, 11) is 0. The van der Waals surface area contributed by atoms with Crippen molar-refractivity contribution in [2.75, 3.05) is 0 Å². The van der Waals surface area contributed by atoms with Crippen LogP contribution < -0.4 is 0 Å². The Kier molecular flexibility index (Phi) is 8.97. The standard InChI is InChI=1S/C13H15.C9H13.C2H6Si.Zr/c1-13(2,3)12-9-8-10-6-4-5-7-11(10)12;1-9(2,3)8-6-4-5-7-8;1-3-2;/h4-9H,1-3H3;4-7H,1-3H3;1-2H3;/q2*-1;;+2. The van der Waals surface area contributed by atoms with Gasteiger partial charge in [-0.05, 0) is 0 Å². The van der Waals surface area contributed by atoms with Crippen molar-refractivity contribution in [2.24, 2.45) is 0 Å². The van der Waals surface area contributed by atoms with Gasteiger partial charge in [0.2, 0.25) is 0 Å². The van der Waals surface area contributed by atoms with Crippen LogP contribution in [0.1, 0.15) is 52.7 Å². The van der Waals surface area contributed by atoms with Crippen LogP contribution in [0.15, 0.2) is 60.7 Å². The zero-order valence-electron chi connectivity index (χ0n) is 17.8. The molecule has 26 heavy (non-hydrogen) atoms. The van der Waals surface area contributed by atoms with Gasteiger partial charge in [-0.2, -0.15) is 23.8 Å². The molecule has 0 radical (unpaired) electrons. The average Bonchev–Trinajstić information content (AvgIpc) is 3.16. The normalized spacial score (nSPS) is 11.3. The third kappa shape index (κ3) is 7.89. The zero-order valence-corrected chi connectivity index (χ0v) is 21.2. The Morgan fingerprint density at radius 2 is 1.42 bits per heavy atom. The molecule has 2 heteroatoms. The van der Waals surface area contributed by atoms with Crippen molar-refractivity contribution in [2.45, 2.75) is 65.5 Å². The fourth-order valence-electron chi connectivity index (χ4n) is 2.68. The van der Waals surface area contributed by atoms with Crippen molar-refractivity contribution in [3.63, 3.8) is 0 Å². The molecule has 0 aliphatic rings. The Hall–Kier alpha value is -0.720. The van der Waals surface area contributed by atoms with Gasteiger partial charge in [0.15, 0.2) is 0 Å². The van der Waals surface area contributed by atoms with Crippen LogP contribution in [0.2, 0.25) is 13.1 Å². The van der Waals surface area contributed by atoms with E-state index in [2.05, 4.69) is 115 Å². The van der Waals surface area contributed by atoms with Gasteiger partial charge >= 0.3 is 41.9 Å². The summed E-state index contributed by atoms with van der Waals surface area (Å²) in [5, 5.41) is 2.75. The molecule has 0 nitrogen and oxygen atoms in total. The Morgan fingerprint density at radius 1 is 0.846 bits per heavy atom. The monoisotopic (exact) mass is 440 g/mol. The van der Waals surface area contributed by atoms with E-state index in [1.54, 1.807) is 23.3 Å². The SMILES string of the molecule is CC(C)(C)c1c[cH-]c2ccccc12.CC(C)(C)c1cc[cH-]c1.C[Si](C)=[Zr+2]. The molecule has 0 N–H and O–H groups in total. The zero-order chi connectivity index (χ0) is 20.0. The van der Waals surface area contributed by atoms with Crippen LogP contribution in [0.4, 0.5) is 0 Å². The van der Waals surface area contributed by atoms with E-state index >= 15 is 0 Å². The van der Waals surface area contributed by atoms with E-state index in [1.807, 2.05) is 0 Å². The molecule has 0 spiro atoms. The van der Waals surface area contributed by atoms with Gasteiger partial charge in [0.05, 0.1) is 0 Å². The van der Waals surface area contributed by atoms with Crippen LogP contribution in [0.25, 0.3) is 10.8 Å². The van der Waals surface area contributed by atoms with Crippen LogP contribution in [0, 0.1) is 0 Å². The predicted octanol–water partition coefficient (Wildman–Crippen LogP) is 7.34. The van der Waals surface area contributed by atoms with Crippen molar-refractivity contribution < 1.29 is 23.3 Å². The van der Waals surface area contributed by atoms with Crippen molar-refractivity contribution in [1.82, 2.24) is 0 Å². The van der Waals surface area contributed by atoms with Crippen LogP contribution in [-0.2, 0) is 34.2 Å². The molecule has 0 aromatic heterocycles. The first-order chi connectivity index (χ1) is 11.9. The molecule has 0 saturated carbocycles. The van der Waals surface area contributed by atoms with Gasteiger partial charge in [0.25, 0.3) is 0 Å². The molecule has 3 aromatic rings. The molecule has 0 bridgehead atoms. The Labute approximate surface area is 176 Å². The Morgan fingerprint density at radius 3 is 1.85 bits per heavy atom. The minimum atomic E-state index is 0.210. The summed E-state index contributed by atoms with van der Waals surface area (Å²) in [6.45, 7) is 18.1. The summed E-state index contributed by atoms with van der Waals surface area (Å²) >= 11 is 1.74. The van der Waals surface area contributed by atoms with Crippen molar-refractivity contribution >= 4 is 16.2 Å². The average molecular weight is 442 g/mol. The van der Waals surface area contributed by atoms with Crippen molar-refractivity contribution in [3.8, 4) is 0 Å². The summed E-state index contributed by atoms with van der Waals surface area (Å²) in [6, 6.07) is 21.5. The number of hydrogen-bond acceptors (Lipinski definition) is 0. The first kappa shape index (κ1) is 23.3. The number of hydrogen-bond donors (Lipinski definition) is 0. The molecular weight excluding hydrogens is 408 g/mol. The van der Waals surface area contributed by atoms with Gasteiger partial charge < -0.3 is 0 Å². The van der Waals surface area contributed by atoms with E-state index < -0.39 is 0 Å². The van der Waals surface area contributed by atoms with Crippen molar-refractivity contribution in [1.29, 1.82) is 0 Å². The third-order valence-electron chi connectivity index (χ3n) is 4.02. The third-order valence-corrected chi connectivity index (χ3v) is 4.02. The molecule has 0 amide bonds. The molecule has 0 aliphatic carbocycles. The summed E-state index contributed by atoms with van der Waals surface area (Å²) in [5.41, 5.74) is 3.65. The van der Waals surface area contributed by atoms with Crippen molar-refractivity contribution in [3.05, 3.63) is 71.8 Å². The fourth-order valence-corrected chi connectivity index (χ4v) is 2.68. The van der Waals surface area contributed by atoms with E-state index in [1.165, 1.54) is 21.9 Å². The van der Waals surface area contributed by atoms with Crippen LogP contribution in [-0.4, -0.2) is 5.43 Å². The quantitative estimate of drug-likeness (QED) is 0.253. The van der Waals surface area contributed by atoms with E-state index in [9.17, 15) is 0 Å². The second kappa shape index (κ2) is 10.00. The molecule has 0 fully saturated rings. The summed E-state index contributed by atoms with van der Waals surface area (Å²) in [5.74, 6) is 0. The van der Waals surface area contributed by atoms with Gasteiger partial charge in [-0.1, -0.05) is 58.4 Å². The van der Waals surface area contributed by atoms with E-state index in [0.29, 0.717) is 5.41 Å². The first-order valence-corrected chi connectivity index (χ1v) is 15.5. The molecular formula is C24H34SiZr. The number of fused-ring (bicyclic) bond motifs is 1. The van der Waals surface area contributed by atoms with Gasteiger partial charge in [0, 0.05) is 0 Å². The molecule has 0 atom stereocenters. The first-order valence-electron chi connectivity index (χ1n) is 9.32. The van der Waals surface area contributed by atoms with Crippen LogP contribution >= 0.6 is 0 Å². The summed E-state index contributed by atoms with van der Waals surface area (Å²) < 4.78 is 0. The van der Waals surface area contributed by atoms with E-state index in [4.69, 9.17) is 0 Å². The second-order valence-electron chi connectivity index (χ2n) is 9.01. The number of rotatable bonds is 0. The van der Waals surface area contributed by atoms with Gasteiger partial charge in [0.1, 0.15) is 0 Å². The Bertz CT molecular complexity index is 789. The molecule has 0 aliphatic heterocycles. The van der Waals surface area contributed by atoms with Crippen LogP contribution in [0.5, 0.6) is 0 Å². The van der Waals surface area contributed by atoms with Gasteiger partial charge in [-0.15, -0.1) is 46.7 Å². The van der Waals surface area contributed by atoms with Gasteiger partial charge in [-0.25, -0.2) is 6.07 Å².